The molecule has 0 aliphatic heterocycles. The van der Waals surface area contributed by atoms with E-state index < -0.39 is 8.07 Å². The first kappa shape index (κ1) is 10.5. The van der Waals surface area contributed by atoms with Crippen molar-refractivity contribution in [1.82, 2.24) is 0 Å². The van der Waals surface area contributed by atoms with Gasteiger partial charge in [0.15, 0.2) is 0 Å². The van der Waals surface area contributed by atoms with E-state index in [2.05, 4.69) is 33.5 Å². The lowest BCUT2D eigenvalue weighted by atomic mass is 10.1. The highest BCUT2D eigenvalue weighted by Gasteiger charge is 2.12. The van der Waals surface area contributed by atoms with Crippen molar-refractivity contribution in [3.63, 3.8) is 0 Å². The van der Waals surface area contributed by atoms with E-state index in [1.165, 1.54) is 5.57 Å². The summed E-state index contributed by atoms with van der Waals surface area (Å²) < 4.78 is 16.2. The van der Waals surface area contributed by atoms with E-state index in [1.54, 1.807) is 0 Å². The molecule has 0 spiro atoms. The molecule has 0 bridgehead atoms. The molecule has 0 heterocycles. The van der Waals surface area contributed by atoms with Gasteiger partial charge in [-0.05, 0) is 19.3 Å². The highest BCUT2D eigenvalue weighted by atomic mass is 28.3. The number of rotatable bonds is 7. The van der Waals surface area contributed by atoms with Crippen LogP contribution < -0.4 is 0 Å². The van der Waals surface area contributed by atoms with Crippen molar-refractivity contribution in [3.8, 4) is 0 Å². The zero-order chi connectivity index (χ0) is 12.8. The summed E-state index contributed by atoms with van der Waals surface area (Å²) in [6.45, 7) is 11.0. The Balaban J connectivity index is 4.62. The lowest BCUT2D eigenvalue weighted by Gasteiger charge is -2.16. The second kappa shape index (κ2) is 7.28. The molecule has 0 aliphatic carbocycles. The van der Waals surface area contributed by atoms with Crippen LogP contribution in [0.15, 0.2) is 11.6 Å². The van der Waals surface area contributed by atoms with Gasteiger partial charge in [0.05, 0.1) is 1.37 Å². The molecule has 1 atom stereocenters. The zero-order valence-electron chi connectivity index (χ0n) is 12.6. The minimum atomic E-state index is -1.37. The van der Waals surface area contributed by atoms with Gasteiger partial charge in [-0.3, -0.25) is 0 Å². The molecule has 1 unspecified atom stereocenters. The number of hydrogen-bond acceptors (Lipinski definition) is 0. The Labute approximate surface area is 94.6 Å². The van der Waals surface area contributed by atoms with Crippen LogP contribution in [-0.4, -0.2) is 8.07 Å². The monoisotopic (exact) mass is 214 g/mol. The SMILES string of the molecule is [2H]/C(CCC)=C(/CCC)CC([2H])[Si](C)(C)C. The molecule has 0 saturated carbocycles. The van der Waals surface area contributed by atoms with Gasteiger partial charge in [-0.1, -0.05) is 64.0 Å². The normalized spacial score (nSPS) is 18.4. The molecule has 0 rings (SSSR count). The van der Waals surface area contributed by atoms with Gasteiger partial charge in [0.25, 0.3) is 0 Å². The van der Waals surface area contributed by atoms with Gasteiger partial charge in [-0.25, -0.2) is 0 Å². The topological polar surface area (TPSA) is 0 Å². The third-order valence-electron chi connectivity index (χ3n) is 2.14. The molecule has 0 aromatic rings. The van der Waals surface area contributed by atoms with Gasteiger partial charge in [-0.2, -0.15) is 0 Å². The van der Waals surface area contributed by atoms with Gasteiger partial charge < -0.3 is 0 Å². The van der Waals surface area contributed by atoms with E-state index in [0.29, 0.717) is 0 Å². The summed E-state index contributed by atoms with van der Waals surface area (Å²) >= 11 is 0. The van der Waals surface area contributed by atoms with Crippen LogP contribution in [0.2, 0.25) is 25.7 Å². The Kier molecular flexibility index (Phi) is 5.44. The van der Waals surface area contributed by atoms with Gasteiger partial charge in [-0.15, -0.1) is 0 Å². The van der Waals surface area contributed by atoms with Crippen LogP contribution in [0.3, 0.4) is 0 Å². The summed E-state index contributed by atoms with van der Waals surface area (Å²) in [5.74, 6) is 0. The van der Waals surface area contributed by atoms with Crippen LogP contribution in [-0.2, 0) is 0 Å². The number of allylic oxidation sites excluding steroid dienone is 2. The Morgan fingerprint density at radius 3 is 2.29 bits per heavy atom. The van der Waals surface area contributed by atoms with Gasteiger partial charge in [0.2, 0.25) is 0 Å². The summed E-state index contributed by atoms with van der Waals surface area (Å²) in [5, 5.41) is 0. The van der Waals surface area contributed by atoms with E-state index in [1.807, 2.05) is 0 Å². The van der Waals surface area contributed by atoms with Gasteiger partial charge in [0, 0.05) is 9.44 Å². The zero-order valence-corrected chi connectivity index (χ0v) is 11.6. The molecule has 0 saturated heterocycles. The van der Waals surface area contributed by atoms with E-state index in [9.17, 15) is 0 Å². The van der Waals surface area contributed by atoms with Gasteiger partial charge in [0.1, 0.15) is 0 Å². The fourth-order valence-corrected chi connectivity index (χ4v) is 2.15. The van der Waals surface area contributed by atoms with E-state index >= 15 is 0 Å². The third-order valence-corrected chi connectivity index (χ3v) is 3.57. The smallest absolute Gasteiger partial charge is 0.0575 e. The summed E-state index contributed by atoms with van der Waals surface area (Å²) in [6.07, 6.45) is 4.87. The van der Waals surface area contributed by atoms with Crippen molar-refractivity contribution in [2.24, 2.45) is 0 Å². The lowest BCUT2D eigenvalue weighted by molar-refractivity contribution is 0.830. The minimum absolute atomic E-state index is 0.0475. The minimum Gasteiger partial charge on any atom is -0.0854 e. The van der Waals surface area contributed by atoms with Crippen molar-refractivity contribution < 1.29 is 2.74 Å². The van der Waals surface area contributed by atoms with E-state index in [-0.39, 0.29) is 6.02 Å². The highest BCUT2D eigenvalue weighted by Crippen LogP contribution is 2.20. The molecule has 0 fully saturated rings. The second-order valence-corrected chi connectivity index (χ2v) is 10.2. The average molecular weight is 214 g/mol. The molecule has 14 heavy (non-hydrogen) atoms. The molecule has 84 valence electrons. The molecular formula is C13H28Si. The Hall–Kier alpha value is -0.0431. The molecule has 0 nitrogen and oxygen atoms in total. The first-order chi connectivity index (χ1) is 7.32. The second-order valence-electron chi connectivity index (χ2n) is 5.05. The maximum absolute atomic E-state index is 8.20. The van der Waals surface area contributed by atoms with Crippen LogP contribution in [0.4, 0.5) is 0 Å². The average Bonchev–Trinajstić information content (AvgIpc) is 2.15. The van der Waals surface area contributed by atoms with Crippen LogP contribution in [0, 0.1) is 0 Å². The van der Waals surface area contributed by atoms with Crippen LogP contribution in [0.5, 0.6) is 0 Å². The van der Waals surface area contributed by atoms with Crippen molar-refractivity contribution in [1.29, 1.82) is 0 Å². The molecule has 0 radical (unpaired) electrons. The first-order valence-electron chi connectivity index (χ1n) is 7.00. The van der Waals surface area contributed by atoms with Gasteiger partial charge >= 0.3 is 0 Å². The molecule has 0 aromatic carbocycles. The lowest BCUT2D eigenvalue weighted by Crippen LogP contribution is -2.18. The summed E-state index contributed by atoms with van der Waals surface area (Å²) in [4.78, 5) is 0. The molecule has 1 heteroatoms. The van der Waals surface area contributed by atoms with E-state index in [0.717, 1.165) is 38.2 Å². The third kappa shape index (κ3) is 8.55. The van der Waals surface area contributed by atoms with Crippen LogP contribution >= 0.6 is 0 Å². The highest BCUT2D eigenvalue weighted by molar-refractivity contribution is 6.76. The Morgan fingerprint density at radius 2 is 1.86 bits per heavy atom. The number of hydrogen-bond donors (Lipinski definition) is 0. The molecule has 0 amide bonds. The maximum atomic E-state index is 8.20. The van der Waals surface area contributed by atoms with Crippen LogP contribution in [0.25, 0.3) is 0 Å². The summed E-state index contributed by atoms with van der Waals surface area (Å²) in [5.41, 5.74) is 1.24. The summed E-state index contributed by atoms with van der Waals surface area (Å²) in [7, 11) is -1.37. The maximum Gasteiger partial charge on any atom is 0.0575 e. The fraction of sp³-hybridized carbons (Fsp3) is 0.846. The predicted molar refractivity (Wildman–Crippen MR) is 70.7 cm³/mol. The van der Waals surface area contributed by atoms with Crippen molar-refractivity contribution in [3.05, 3.63) is 11.6 Å². The predicted octanol–water partition coefficient (Wildman–Crippen LogP) is 5.24. The molecule has 0 aromatic heterocycles. The van der Waals surface area contributed by atoms with Crippen LogP contribution in [0.1, 0.15) is 48.7 Å². The Morgan fingerprint density at radius 1 is 1.21 bits per heavy atom. The first-order valence-corrected chi connectivity index (χ1v) is 9.50. The van der Waals surface area contributed by atoms with Crippen molar-refractivity contribution in [2.45, 2.75) is 71.6 Å². The largest absolute Gasteiger partial charge is 0.0854 e. The molecule has 0 aliphatic rings. The standard InChI is InChI=1S/C13H28Si/c1-6-8-10-13(9-7-2)11-12-14(3,4)5/h10H,6-9,11-12H2,1-5H3/b13-10+/i10D,12D. The van der Waals surface area contributed by atoms with E-state index in [4.69, 9.17) is 2.74 Å². The summed E-state index contributed by atoms with van der Waals surface area (Å²) in [6, 6.07) is 0.853. The quantitative estimate of drug-likeness (QED) is 0.401. The molecular weight excluding hydrogens is 184 g/mol. The molecule has 0 N–H and O–H groups in total. The van der Waals surface area contributed by atoms with Crippen molar-refractivity contribution >= 4 is 8.07 Å². The fourth-order valence-electron chi connectivity index (χ4n) is 1.30. The van der Waals surface area contributed by atoms with Crippen molar-refractivity contribution in [2.75, 3.05) is 0 Å². The Bertz CT molecular complexity index is 229.